The first kappa shape index (κ1) is 13.4. The maximum Gasteiger partial charge on any atom is 0.113 e. The summed E-state index contributed by atoms with van der Waals surface area (Å²) in [5.74, 6) is 1.19. The predicted molar refractivity (Wildman–Crippen MR) is 64.7 cm³/mol. The topological polar surface area (TPSA) is 47.3 Å². The lowest BCUT2D eigenvalue weighted by Gasteiger charge is -2.12. The number of ether oxygens (including phenoxy) is 1. The highest BCUT2D eigenvalue weighted by molar-refractivity contribution is 5.33. The minimum atomic E-state index is 0.586. The van der Waals surface area contributed by atoms with Gasteiger partial charge in [0.15, 0.2) is 0 Å². The molecule has 0 unspecified atom stereocenters. The van der Waals surface area contributed by atoms with E-state index in [2.05, 4.69) is 11.9 Å². The molecule has 0 rings (SSSR count). The molecule has 0 amide bonds. The molecule has 0 aliphatic heterocycles. The van der Waals surface area contributed by atoms with Gasteiger partial charge in [0, 0.05) is 11.8 Å². The van der Waals surface area contributed by atoms with Crippen LogP contribution in [-0.4, -0.2) is 7.11 Å². The Bertz CT molecular complexity index is 312. The molecular formula is C12H20N2O. The van der Waals surface area contributed by atoms with Crippen molar-refractivity contribution in [2.75, 3.05) is 7.11 Å². The molecule has 0 atom stereocenters. The van der Waals surface area contributed by atoms with Gasteiger partial charge in [0.2, 0.25) is 0 Å². The van der Waals surface area contributed by atoms with Crippen molar-refractivity contribution in [2.45, 2.75) is 20.8 Å². The second kappa shape index (κ2) is 6.76. The van der Waals surface area contributed by atoms with Gasteiger partial charge in [-0.05, 0) is 32.4 Å². The van der Waals surface area contributed by atoms with Crippen LogP contribution in [0.15, 0.2) is 47.7 Å². The Kier molecular flexibility index (Phi) is 6.02. The van der Waals surface area contributed by atoms with Gasteiger partial charge in [-0.25, -0.2) is 0 Å². The summed E-state index contributed by atoms with van der Waals surface area (Å²) in [7, 11) is 1.58. The van der Waals surface area contributed by atoms with E-state index in [-0.39, 0.29) is 0 Å². The second-order valence-electron chi connectivity index (χ2n) is 3.07. The van der Waals surface area contributed by atoms with Gasteiger partial charge in [-0.3, -0.25) is 0 Å². The number of nitrogens with one attached hydrogen (secondary N) is 1. The summed E-state index contributed by atoms with van der Waals surface area (Å²) in [5, 5.41) is 3.07. The fourth-order valence-electron chi connectivity index (χ4n) is 0.852. The van der Waals surface area contributed by atoms with Gasteiger partial charge in [-0.1, -0.05) is 12.7 Å². The van der Waals surface area contributed by atoms with E-state index in [0.29, 0.717) is 11.6 Å². The molecule has 0 saturated carbocycles. The van der Waals surface area contributed by atoms with Crippen LogP contribution in [0, 0.1) is 0 Å². The minimum absolute atomic E-state index is 0.586. The lowest BCUT2D eigenvalue weighted by molar-refractivity contribution is 0.308. The third-order valence-electron chi connectivity index (χ3n) is 2.02. The molecule has 0 bridgehead atoms. The Morgan fingerprint density at radius 1 is 1.33 bits per heavy atom. The van der Waals surface area contributed by atoms with E-state index in [1.165, 1.54) is 0 Å². The predicted octanol–water partition coefficient (Wildman–Crippen LogP) is 2.41. The standard InChI is InChI=1S/C12H20N2O/c1-6-9(3)11(8-10(4)15-5)14-12(13)7-2/h6-8,14H,4,13H2,1-3,5H3/b9-6-,11-8+,12-7-. The van der Waals surface area contributed by atoms with Gasteiger partial charge in [0.25, 0.3) is 0 Å². The molecule has 0 aromatic rings. The van der Waals surface area contributed by atoms with E-state index in [9.17, 15) is 0 Å². The Morgan fingerprint density at radius 2 is 1.93 bits per heavy atom. The number of methoxy groups -OCH3 is 1. The molecule has 3 N–H and O–H groups in total. The fourth-order valence-corrected chi connectivity index (χ4v) is 0.852. The third kappa shape index (κ3) is 4.96. The zero-order valence-electron chi connectivity index (χ0n) is 9.92. The highest BCUT2D eigenvalue weighted by Gasteiger charge is 2.00. The third-order valence-corrected chi connectivity index (χ3v) is 2.02. The van der Waals surface area contributed by atoms with Crippen molar-refractivity contribution >= 4 is 0 Å². The van der Waals surface area contributed by atoms with Gasteiger partial charge in [0.05, 0.1) is 12.9 Å². The van der Waals surface area contributed by atoms with Gasteiger partial charge in [0.1, 0.15) is 5.76 Å². The molecule has 0 aliphatic carbocycles. The summed E-state index contributed by atoms with van der Waals surface area (Å²) in [4.78, 5) is 0. The molecule has 15 heavy (non-hydrogen) atoms. The van der Waals surface area contributed by atoms with Crippen molar-refractivity contribution in [3.63, 3.8) is 0 Å². The van der Waals surface area contributed by atoms with Crippen LogP contribution in [0.3, 0.4) is 0 Å². The Hall–Kier alpha value is -1.64. The van der Waals surface area contributed by atoms with E-state index in [0.717, 1.165) is 11.3 Å². The average molecular weight is 208 g/mol. The highest BCUT2D eigenvalue weighted by Crippen LogP contribution is 2.09. The minimum Gasteiger partial charge on any atom is -0.497 e. The van der Waals surface area contributed by atoms with E-state index in [1.807, 2.05) is 32.9 Å². The number of nitrogens with two attached hydrogens (primary N) is 1. The van der Waals surface area contributed by atoms with E-state index in [1.54, 1.807) is 13.2 Å². The lowest BCUT2D eigenvalue weighted by Crippen LogP contribution is -2.20. The quantitative estimate of drug-likeness (QED) is 0.539. The zero-order chi connectivity index (χ0) is 11.8. The largest absolute Gasteiger partial charge is 0.497 e. The maximum absolute atomic E-state index is 5.69. The Labute approximate surface area is 92.0 Å². The summed E-state index contributed by atoms with van der Waals surface area (Å²) in [5.41, 5.74) is 7.67. The number of rotatable bonds is 5. The highest BCUT2D eigenvalue weighted by atomic mass is 16.5. The molecule has 0 saturated heterocycles. The maximum atomic E-state index is 5.69. The van der Waals surface area contributed by atoms with E-state index < -0.39 is 0 Å². The number of allylic oxidation sites excluding steroid dienone is 4. The molecule has 0 aromatic heterocycles. The summed E-state index contributed by atoms with van der Waals surface area (Å²) in [6, 6.07) is 0. The van der Waals surface area contributed by atoms with Gasteiger partial charge in [-0.2, -0.15) is 0 Å². The van der Waals surface area contributed by atoms with E-state index >= 15 is 0 Å². The van der Waals surface area contributed by atoms with Crippen molar-refractivity contribution < 1.29 is 4.74 Å². The van der Waals surface area contributed by atoms with Crippen molar-refractivity contribution in [1.82, 2.24) is 5.32 Å². The summed E-state index contributed by atoms with van der Waals surface area (Å²) >= 11 is 0. The van der Waals surface area contributed by atoms with Crippen LogP contribution < -0.4 is 11.1 Å². The van der Waals surface area contributed by atoms with Crippen LogP contribution in [0.25, 0.3) is 0 Å². The smallest absolute Gasteiger partial charge is 0.113 e. The summed E-state index contributed by atoms with van der Waals surface area (Å²) in [6.07, 6.45) is 5.60. The number of hydrogen-bond acceptors (Lipinski definition) is 3. The van der Waals surface area contributed by atoms with Crippen LogP contribution in [-0.2, 0) is 4.74 Å². The molecule has 0 radical (unpaired) electrons. The Morgan fingerprint density at radius 3 is 2.33 bits per heavy atom. The van der Waals surface area contributed by atoms with Crippen LogP contribution in [0.1, 0.15) is 20.8 Å². The normalized spacial score (nSPS) is 13.7. The fraction of sp³-hybridized carbons (Fsp3) is 0.333. The van der Waals surface area contributed by atoms with Crippen molar-refractivity contribution in [2.24, 2.45) is 5.73 Å². The van der Waals surface area contributed by atoms with Crippen LogP contribution in [0.5, 0.6) is 0 Å². The molecule has 0 fully saturated rings. The lowest BCUT2D eigenvalue weighted by atomic mass is 10.2. The molecule has 0 aromatic carbocycles. The summed E-state index contributed by atoms with van der Waals surface area (Å²) < 4.78 is 4.99. The Balaban J connectivity index is 4.90. The molecule has 0 aliphatic rings. The van der Waals surface area contributed by atoms with Crippen LogP contribution in [0.4, 0.5) is 0 Å². The van der Waals surface area contributed by atoms with Gasteiger partial charge in [-0.15, -0.1) is 0 Å². The number of hydrogen-bond donors (Lipinski definition) is 2. The molecule has 0 heterocycles. The van der Waals surface area contributed by atoms with Crippen LogP contribution in [0.2, 0.25) is 0 Å². The van der Waals surface area contributed by atoms with Crippen molar-refractivity contribution in [3.05, 3.63) is 47.7 Å². The van der Waals surface area contributed by atoms with Crippen molar-refractivity contribution in [3.8, 4) is 0 Å². The van der Waals surface area contributed by atoms with E-state index in [4.69, 9.17) is 10.5 Å². The average Bonchev–Trinajstić information content (AvgIpc) is 2.26. The second-order valence-corrected chi connectivity index (χ2v) is 3.07. The first-order valence-corrected chi connectivity index (χ1v) is 4.81. The molecule has 3 nitrogen and oxygen atoms in total. The monoisotopic (exact) mass is 208 g/mol. The van der Waals surface area contributed by atoms with Crippen LogP contribution >= 0.6 is 0 Å². The molecular weight excluding hydrogens is 188 g/mol. The van der Waals surface area contributed by atoms with Gasteiger partial charge >= 0.3 is 0 Å². The first-order chi connectivity index (χ1) is 7.04. The molecule has 0 spiro atoms. The zero-order valence-corrected chi connectivity index (χ0v) is 9.92. The molecule has 3 heteroatoms. The van der Waals surface area contributed by atoms with Crippen molar-refractivity contribution in [1.29, 1.82) is 0 Å². The summed E-state index contributed by atoms with van der Waals surface area (Å²) in [6.45, 7) is 9.56. The first-order valence-electron chi connectivity index (χ1n) is 4.81. The SMILES string of the molecule is C=C(/C=C(N/C(N)=C\C)\C(C)=C/C)OC. The van der Waals surface area contributed by atoms with Gasteiger partial charge < -0.3 is 15.8 Å². The molecule has 84 valence electrons.